The number of hydrogen-bond acceptors (Lipinski definition) is 7. The van der Waals surface area contributed by atoms with Gasteiger partial charge in [0.2, 0.25) is 5.43 Å². The highest BCUT2D eigenvalue weighted by Crippen LogP contribution is 2.38. The number of carboxylic acids is 1. The van der Waals surface area contributed by atoms with Crippen molar-refractivity contribution in [2.45, 2.75) is 18.9 Å². The Morgan fingerprint density at radius 2 is 2.03 bits per heavy atom. The maximum absolute atomic E-state index is 15.2. The highest BCUT2D eigenvalue weighted by atomic mass is 32.1. The predicted molar refractivity (Wildman–Crippen MR) is 130 cm³/mol. The summed E-state index contributed by atoms with van der Waals surface area (Å²) in [4.78, 5) is 33.5. The number of anilines is 1. The van der Waals surface area contributed by atoms with E-state index in [1.165, 1.54) is 19.4 Å². The molecule has 178 valence electrons. The van der Waals surface area contributed by atoms with Crippen molar-refractivity contribution >= 4 is 39.6 Å². The van der Waals surface area contributed by atoms with E-state index in [4.69, 9.17) is 4.84 Å². The van der Waals surface area contributed by atoms with Crippen LogP contribution in [-0.2, 0) is 4.84 Å². The summed E-state index contributed by atoms with van der Waals surface area (Å²) in [5.74, 6) is -1.80. The molecule has 1 aliphatic heterocycles. The van der Waals surface area contributed by atoms with Crippen molar-refractivity contribution in [3.63, 3.8) is 0 Å². The van der Waals surface area contributed by atoms with Crippen molar-refractivity contribution in [1.29, 1.82) is 0 Å². The van der Waals surface area contributed by atoms with Gasteiger partial charge in [-0.25, -0.2) is 9.18 Å². The number of piperazine rings is 1. The van der Waals surface area contributed by atoms with Gasteiger partial charge in [-0.15, -0.1) is 0 Å². The summed E-state index contributed by atoms with van der Waals surface area (Å²) in [6, 6.07) is 5.06. The molecule has 1 N–H and O–H groups in total. The number of carbonyl (C=O) groups is 1. The minimum atomic E-state index is -1.29. The van der Waals surface area contributed by atoms with Gasteiger partial charge in [-0.2, -0.15) is 11.3 Å². The average molecular weight is 485 g/mol. The number of aromatic nitrogens is 1. The fourth-order valence-corrected chi connectivity index (χ4v) is 5.14. The first-order valence-corrected chi connectivity index (χ1v) is 12.1. The van der Waals surface area contributed by atoms with Crippen LogP contribution in [0.2, 0.25) is 0 Å². The third-order valence-corrected chi connectivity index (χ3v) is 7.10. The van der Waals surface area contributed by atoms with Crippen LogP contribution in [0, 0.1) is 5.82 Å². The molecule has 8 nitrogen and oxygen atoms in total. The first kappa shape index (κ1) is 22.5. The Hall–Kier alpha value is -3.24. The smallest absolute Gasteiger partial charge is 0.341 e. The molecule has 2 aromatic heterocycles. The number of thiophene rings is 1. The number of oxime groups is 1. The third-order valence-electron chi connectivity index (χ3n) is 6.41. The standard InChI is InChI=1S/C24H25FN4O4S/c1-33-26-20(15-4-9-34-14-15)13-27-5-7-28(8-6-27)22-11-21-17(10-19(22)25)23(30)18(24(31)32)12-29(21)16-2-3-16/h4,9-12,14,16H,2-3,5-8,13H2,1H3,(H,31,32)/b26-20+. The number of pyridine rings is 1. The van der Waals surface area contributed by atoms with E-state index in [9.17, 15) is 14.7 Å². The van der Waals surface area contributed by atoms with E-state index in [0.717, 1.165) is 37.2 Å². The second kappa shape index (κ2) is 9.19. The van der Waals surface area contributed by atoms with Crippen molar-refractivity contribution in [2.24, 2.45) is 5.16 Å². The van der Waals surface area contributed by atoms with E-state index >= 15 is 4.39 Å². The number of carboxylic acid groups (broad SMARTS) is 1. The van der Waals surface area contributed by atoms with Crippen molar-refractivity contribution in [3.05, 3.63) is 62.3 Å². The largest absolute Gasteiger partial charge is 0.477 e. The highest BCUT2D eigenvalue weighted by Gasteiger charge is 2.28. The lowest BCUT2D eigenvalue weighted by molar-refractivity contribution is 0.0695. The summed E-state index contributed by atoms with van der Waals surface area (Å²) in [6.45, 7) is 3.31. The van der Waals surface area contributed by atoms with E-state index in [1.54, 1.807) is 17.4 Å². The van der Waals surface area contributed by atoms with Gasteiger partial charge in [0.15, 0.2) is 0 Å². The average Bonchev–Trinajstić information content (AvgIpc) is 3.52. The number of halogens is 1. The fraction of sp³-hybridized carbons (Fsp3) is 0.375. The van der Waals surface area contributed by atoms with Crippen molar-refractivity contribution in [2.75, 3.05) is 44.7 Å². The Balaban J connectivity index is 1.39. The molecule has 1 aromatic carbocycles. The molecule has 34 heavy (non-hydrogen) atoms. The van der Waals surface area contributed by atoms with E-state index in [2.05, 4.69) is 10.1 Å². The topological polar surface area (TPSA) is 87.4 Å². The lowest BCUT2D eigenvalue weighted by Crippen LogP contribution is -2.48. The summed E-state index contributed by atoms with van der Waals surface area (Å²) in [6.07, 6.45) is 3.24. The molecule has 0 unspecified atom stereocenters. The Labute approximate surface area is 199 Å². The van der Waals surface area contributed by atoms with Crippen molar-refractivity contribution in [1.82, 2.24) is 9.47 Å². The van der Waals surface area contributed by atoms with Gasteiger partial charge in [0.1, 0.15) is 24.2 Å². The summed E-state index contributed by atoms with van der Waals surface area (Å²) < 4.78 is 17.0. The maximum atomic E-state index is 15.2. The monoisotopic (exact) mass is 484 g/mol. The molecule has 3 heterocycles. The third kappa shape index (κ3) is 4.30. The number of rotatable bonds is 7. The van der Waals surface area contributed by atoms with Gasteiger partial charge in [-0.05, 0) is 41.8 Å². The molecular formula is C24H25FN4O4S. The van der Waals surface area contributed by atoms with E-state index in [1.807, 2.05) is 26.3 Å². The van der Waals surface area contributed by atoms with Crippen LogP contribution in [-0.4, -0.2) is 66.1 Å². The van der Waals surface area contributed by atoms with Crippen LogP contribution < -0.4 is 10.3 Å². The molecule has 2 fully saturated rings. The second-order valence-corrected chi connectivity index (χ2v) is 9.41. The van der Waals surface area contributed by atoms with Crippen molar-refractivity contribution in [3.8, 4) is 0 Å². The molecule has 0 amide bonds. The second-order valence-electron chi connectivity index (χ2n) is 8.63. The molecule has 2 aliphatic rings. The Morgan fingerprint density at radius 3 is 2.65 bits per heavy atom. The van der Waals surface area contributed by atoms with Gasteiger partial charge in [0.05, 0.1) is 11.2 Å². The van der Waals surface area contributed by atoms with Crippen LogP contribution in [0.3, 0.4) is 0 Å². The lowest BCUT2D eigenvalue weighted by atomic mass is 10.1. The van der Waals surface area contributed by atoms with Gasteiger partial charge in [-0.3, -0.25) is 9.69 Å². The summed E-state index contributed by atoms with van der Waals surface area (Å²) in [5, 5.41) is 17.8. The zero-order chi connectivity index (χ0) is 23.8. The van der Waals surface area contributed by atoms with Crippen LogP contribution in [0.15, 0.2) is 45.1 Å². The van der Waals surface area contributed by atoms with Crippen LogP contribution in [0.5, 0.6) is 0 Å². The minimum absolute atomic E-state index is 0.114. The van der Waals surface area contributed by atoms with Gasteiger partial charge in [0, 0.05) is 55.9 Å². The number of nitrogens with zero attached hydrogens (tertiary/aromatic N) is 4. The molecule has 5 rings (SSSR count). The Kier molecular flexibility index (Phi) is 6.09. The van der Waals surface area contributed by atoms with Crippen molar-refractivity contribution < 1.29 is 19.1 Å². The van der Waals surface area contributed by atoms with Gasteiger partial charge in [0.25, 0.3) is 0 Å². The minimum Gasteiger partial charge on any atom is -0.477 e. The molecule has 3 aromatic rings. The quantitative estimate of drug-likeness (QED) is 0.409. The van der Waals surface area contributed by atoms with E-state index in [0.29, 0.717) is 30.8 Å². The normalized spacial score (nSPS) is 17.4. The summed E-state index contributed by atoms with van der Waals surface area (Å²) in [7, 11) is 1.54. The fourth-order valence-electron chi connectivity index (χ4n) is 4.48. The molecule has 0 bridgehead atoms. The number of aromatic carboxylic acids is 1. The van der Waals surface area contributed by atoms with E-state index < -0.39 is 17.2 Å². The number of benzene rings is 1. The molecule has 0 atom stereocenters. The Morgan fingerprint density at radius 1 is 1.26 bits per heavy atom. The molecule has 1 aliphatic carbocycles. The molecule has 1 saturated heterocycles. The van der Waals surface area contributed by atoms with Crippen LogP contribution in [0.1, 0.15) is 34.8 Å². The Bertz CT molecular complexity index is 1310. The zero-order valence-corrected chi connectivity index (χ0v) is 19.6. The van der Waals surface area contributed by atoms with Gasteiger partial charge < -0.3 is 19.4 Å². The predicted octanol–water partition coefficient (Wildman–Crippen LogP) is 3.41. The highest BCUT2D eigenvalue weighted by molar-refractivity contribution is 7.08. The van der Waals surface area contributed by atoms with Gasteiger partial charge >= 0.3 is 5.97 Å². The summed E-state index contributed by atoms with van der Waals surface area (Å²) in [5.41, 5.74) is 1.95. The number of hydrogen-bond donors (Lipinski definition) is 1. The molecule has 0 spiro atoms. The lowest BCUT2D eigenvalue weighted by Gasteiger charge is -2.36. The maximum Gasteiger partial charge on any atom is 0.341 e. The summed E-state index contributed by atoms with van der Waals surface area (Å²) >= 11 is 1.61. The first-order chi connectivity index (χ1) is 16.5. The number of fused-ring (bicyclic) bond motifs is 1. The zero-order valence-electron chi connectivity index (χ0n) is 18.7. The van der Waals surface area contributed by atoms with Crippen LogP contribution in [0.4, 0.5) is 10.1 Å². The van der Waals surface area contributed by atoms with E-state index in [-0.39, 0.29) is 17.0 Å². The first-order valence-electron chi connectivity index (χ1n) is 11.2. The molecule has 1 saturated carbocycles. The SMILES string of the molecule is CO/N=C(\CN1CCN(c2cc3c(cc2F)c(=O)c(C(=O)O)cn3C2CC2)CC1)c1ccsc1. The molecule has 0 radical (unpaired) electrons. The molecule has 10 heteroatoms. The molecular weight excluding hydrogens is 459 g/mol. The van der Waals surface area contributed by atoms with Gasteiger partial charge in [-0.1, -0.05) is 5.16 Å². The van der Waals surface area contributed by atoms with Crippen LogP contribution in [0.25, 0.3) is 10.9 Å². The van der Waals surface area contributed by atoms with Crippen LogP contribution >= 0.6 is 11.3 Å².